The molecule has 2 rings (SSSR count). The number of ether oxygens (including phenoxy) is 1. The first kappa shape index (κ1) is 14.4. The zero-order valence-corrected chi connectivity index (χ0v) is 11.3. The lowest BCUT2D eigenvalue weighted by molar-refractivity contribution is -0.138. The third-order valence-corrected chi connectivity index (χ3v) is 3.07. The van der Waals surface area contributed by atoms with Gasteiger partial charge < -0.3 is 9.64 Å². The average Bonchev–Trinajstić information content (AvgIpc) is 2.70. The summed E-state index contributed by atoms with van der Waals surface area (Å²) < 4.78 is 44.0. The number of benzene rings is 1. The minimum absolute atomic E-state index is 0.125. The Balaban J connectivity index is 2.59. The van der Waals surface area contributed by atoms with E-state index in [4.69, 9.17) is 4.74 Å². The second kappa shape index (κ2) is 4.85. The quantitative estimate of drug-likeness (QED) is 0.837. The van der Waals surface area contributed by atoms with Crippen LogP contribution in [-0.2, 0) is 15.7 Å². The van der Waals surface area contributed by atoms with E-state index in [9.17, 15) is 18.0 Å². The standard InChI is InChI=1S/C14H14F3NO2/c1-8-4-5-9(6-10(8)14(15,16)17)12-11(19)7-20-13(12)18(2)3/h4-6H,7H2,1-3H3. The van der Waals surface area contributed by atoms with Crippen molar-refractivity contribution >= 4 is 11.4 Å². The smallest absolute Gasteiger partial charge is 0.416 e. The SMILES string of the molecule is Cc1ccc(C2=C(N(C)C)OCC2=O)cc1C(F)(F)F. The topological polar surface area (TPSA) is 29.5 Å². The maximum Gasteiger partial charge on any atom is 0.416 e. The van der Waals surface area contributed by atoms with Gasteiger partial charge in [-0.25, -0.2) is 0 Å². The molecule has 0 saturated carbocycles. The van der Waals surface area contributed by atoms with Gasteiger partial charge in [-0.05, 0) is 24.1 Å². The maximum absolute atomic E-state index is 12.9. The highest BCUT2D eigenvalue weighted by Gasteiger charge is 2.34. The van der Waals surface area contributed by atoms with Crippen LogP contribution in [0.1, 0.15) is 16.7 Å². The lowest BCUT2D eigenvalue weighted by Crippen LogP contribution is -2.13. The number of hydrogen-bond donors (Lipinski definition) is 0. The molecule has 1 aromatic rings. The Bertz CT molecular complexity index is 589. The normalized spacial score (nSPS) is 15.6. The molecule has 1 heterocycles. The van der Waals surface area contributed by atoms with Gasteiger partial charge >= 0.3 is 6.18 Å². The molecular weight excluding hydrogens is 271 g/mol. The predicted molar refractivity (Wildman–Crippen MR) is 67.7 cm³/mol. The van der Waals surface area contributed by atoms with Crippen molar-refractivity contribution in [2.75, 3.05) is 20.7 Å². The lowest BCUT2D eigenvalue weighted by Gasteiger charge is -2.16. The van der Waals surface area contributed by atoms with Crippen LogP contribution in [0.25, 0.3) is 5.57 Å². The van der Waals surface area contributed by atoms with Gasteiger partial charge in [0.1, 0.15) is 0 Å². The molecule has 3 nitrogen and oxygen atoms in total. The van der Waals surface area contributed by atoms with E-state index in [1.807, 2.05) is 0 Å². The van der Waals surface area contributed by atoms with Crippen LogP contribution in [-0.4, -0.2) is 31.4 Å². The van der Waals surface area contributed by atoms with E-state index >= 15 is 0 Å². The number of Topliss-reactive ketones (excluding diaryl/α,β-unsaturated/α-hetero) is 1. The number of hydrogen-bond acceptors (Lipinski definition) is 3. The molecule has 20 heavy (non-hydrogen) atoms. The minimum atomic E-state index is -4.44. The third-order valence-electron chi connectivity index (χ3n) is 3.07. The van der Waals surface area contributed by atoms with Crippen LogP contribution in [0.4, 0.5) is 13.2 Å². The molecule has 0 N–H and O–H groups in total. The molecule has 6 heteroatoms. The third kappa shape index (κ3) is 2.50. The van der Waals surface area contributed by atoms with Gasteiger partial charge in [0, 0.05) is 14.1 Å². The van der Waals surface area contributed by atoms with Gasteiger partial charge in [-0.3, -0.25) is 4.79 Å². The molecule has 1 aliphatic rings. The second-order valence-electron chi connectivity index (χ2n) is 4.81. The van der Waals surface area contributed by atoms with Crippen molar-refractivity contribution in [3.63, 3.8) is 0 Å². The number of carbonyl (C=O) groups excluding carboxylic acids is 1. The van der Waals surface area contributed by atoms with Crippen molar-refractivity contribution < 1.29 is 22.7 Å². The monoisotopic (exact) mass is 285 g/mol. The molecule has 0 atom stereocenters. The number of ketones is 1. The molecule has 1 aromatic carbocycles. The highest BCUT2D eigenvalue weighted by atomic mass is 19.4. The van der Waals surface area contributed by atoms with Crippen LogP contribution in [0, 0.1) is 6.92 Å². The van der Waals surface area contributed by atoms with E-state index in [-0.39, 0.29) is 29.1 Å². The van der Waals surface area contributed by atoms with Crippen LogP contribution < -0.4 is 0 Å². The van der Waals surface area contributed by atoms with Crippen molar-refractivity contribution in [3.8, 4) is 0 Å². The largest absolute Gasteiger partial charge is 0.470 e. The molecule has 108 valence electrons. The van der Waals surface area contributed by atoms with Crippen LogP contribution in [0.3, 0.4) is 0 Å². The molecule has 1 aliphatic heterocycles. The summed E-state index contributed by atoms with van der Waals surface area (Å²) in [5.41, 5.74) is -0.186. The fourth-order valence-corrected chi connectivity index (χ4v) is 2.12. The molecule has 0 aromatic heterocycles. The summed E-state index contributed by atoms with van der Waals surface area (Å²) in [5, 5.41) is 0. The van der Waals surface area contributed by atoms with Gasteiger partial charge in [0.15, 0.2) is 6.61 Å². The Hall–Kier alpha value is -1.98. The molecule has 0 aliphatic carbocycles. The van der Waals surface area contributed by atoms with Crippen LogP contribution >= 0.6 is 0 Å². The number of carbonyl (C=O) groups is 1. The van der Waals surface area contributed by atoms with Crippen molar-refractivity contribution in [1.82, 2.24) is 4.90 Å². The molecule has 0 unspecified atom stereocenters. The fraction of sp³-hybridized carbons (Fsp3) is 0.357. The summed E-state index contributed by atoms with van der Waals surface area (Å²) in [6.45, 7) is 1.25. The molecule has 0 amide bonds. The number of rotatable bonds is 2. The summed E-state index contributed by atoms with van der Waals surface area (Å²) in [4.78, 5) is 13.4. The van der Waals surface area contributed by atoms with Gasteiger partial charge in [0.05, 0.1) is 11.1 Å². The first-order valence-corrected chi connectivity index (χ1v) is 5.97. The Morgan fingerprint density at radius 2 is 1.90 bits per heavy atom. The summed E-state index contributed by atoms with van der Waals surface area (Å²) >= 11 is 0. The summed E-state index contributed by atoms with van der Waals surface area (Å²) in [6, 6.07) is 3.88. The van der Waals surface area contributed by atoms with Gasteiger partial charge in [-0.2, -0.15) is 13.2 Å². The second-order valence-corrected chi connectivity index (χ2v) is 4.81. The van der Waals surface area contributed by atoms with Crippen LogP contribution in [0.5, 0.6) is 0 Å². The first-order valence-electron chi connectivity index (χ1n) is 5.97. The van der Waals surface area contributed by atoms with Crippen molar-refractivity contribution in [1.29, 1.82) is 0 Å². The molecule has 0 saturated heterocycles. The number of aryl methyl sites for hydroxylation is 1. The summed E-state index contributed by atoms with van der Waals surface area (Å²) in [6.07, 6.45) is -4.44. The minimum Gasteiger partial charge on any atom is -0.470 e. The van der Waals surface area contributed by atoms with E-state index in [2.05, 4.69) is 0 Å². The van der Waals surface area contributed by atoms with E-state index in [1.54, 1.807) is 19.0 Å². The van der Waals surface area contributed by atoms with Crippen LogP contribution in [0.15, 0.2) is 24.1 Å². The van der Waals surface area contributed by atoms with Gasteiger partial charge in [0.25, 0.3) is 0 Å². The van der Waals surface area contributed by atoms with Crippen LogP contribution in [0.2, 0.25) is 0 Å². The lowest BCUT2D eigenvalue weighted by atomic mass is 9.98. The van der Waals surface area contributed by atoms with Gasteiger partial charge in [-0.1, -0.05) is 12.1 Å². The molecule has 0 spiro atoms. The fourth-order valence-electron chi connectivity index (χ4n) is 2.12. The maximum atomic E-state index is 12.9. The van der Waals surface area contributed by atoms with Crippen molar-refractivity contribution in [3.05, 3.63) is 40.8 Å². The zero-order chi connectivity index (χ0) is 15.1. The van der Waals surface area contributed by atoms with Gasteiger partial charge in [-0.15, -0.1) is 0 Å². The highest BCUT2D eigenvalue weighted by Crippen LogP contribution is 2.35. The van der Waals surface area contributed by atoms with E-state index in [0.29, 0.717) is 5.88 Å². The Morgan fingerprint density at radius 3 is 2.45 bits per heavy atom. The number of nitrogens with zero attached hydrogens (tertiary/aromatic N) is 1. The predicted octanol–water partition coefficient (Wildman–Crippen LogP) is 2.84. The number of alkyl halides is 3. The summed E-state index contributed by atoms with van der Waals surface area (Å²) in [5.74, 6) is -0.0161. The molecule has 0 fully saturated rings. The van der Waals surface area contributed by atoms with E-state index < -0.39 is 11.7 Å². The number of halogens is 3. The molecule has 0 bridgehead atoms. The highest BCUT2D eigenvalue weighted by molar-refractivity contribution is 6.23. The van der Waals surface area contributed by atoms with E-state index in [1.165, 1.54) is 19.1 Å². The zero-order valence-electron chi connectivity index (χ0n) is 11.3. The Kier molecular flexibility index (Phi) is 3.50. The Labute approximate surface area is 114 Å². The Morgan fingerprint density at radius 1 is 1.25 bits per heavy atom. The molecular formula is C14H14F3NO2. The first-order chi connectivity index (χ1) is 9.21. The van der Waals surface area contributed by atoms with E-state index in [0.717, 1.165) is 6.07 Å². The average molecular weight is 285 g/mol. The molecule has 0 radical (unpaired) electrons. The van der Waals surface area contributed by atoms with Crippen molar-refractivity contribution in [2.45, 2.75) is 13.1 Å². The van der Waals surface area contributed by atoms with Crippen molar-refractivity contribution in [2.24, 2.45) is 0 Å². The van der Waals surface area contributed by atoms with Gasteiger partial charge in [0.2, 0.25) is 11.7 Å². The summed E-state index contributed by atoms with van der Waals surface area (Å²) in [7, 11) is 3.35.